The average Bonchev–Trinajstić information content (AvgIpc) is 2.38. The molecule has 2 saturated heterocycles. The SMILES string of the molecule is O=C(O)CC1CCCN(C(=O)C2CCC(=O)NC2)C1. The molecule has 2 heterocycles. The summed E-state index contributed by atoms with van der Waals surface area (Å²) in [6.07, 6.45) is 2.87. The number of carboxylic acids is 1. The Bertz CT molecular complexity index is 373. The van der Waals surface area contributed by atoms with E-state index in [2.05, 4.69) is 5.32 Å². The quantitative estimate of drug-likeness (QED) is 0.767. The van der Waals surface area contributed by atoms with Crippen molar-refractivity contribution in [2.45, 2.75) is 32.1 Å². The van der Waals surface area contributed by atoms with Gasteiger partial charge in [-0.05, 0) is 25.2 Å². The van der Waals surface area contributed by atoms with Gasteiger partial charge in [0, 0.05) is 32.5 Å². The van der Waals surface area contributed by atoms with Crippen LogP contribution in [0.4, 0.5) is 0 Å². The number of aliphatic carboxylic acids is 1. The molecule has 19 heavy (non-hydrogen) atoms. The highest BCUT2D eigenvalue weighted by Gasteiger charge is 2.31. The van der Waals surface area contributed by atoms with Crippen molar-refractivity contribution in [2.24, 2.45) is 11.8 Å². The number of rotatable bonds is 3. The van der Waals surface area contributed by atoms with Gasteiger partial charge in [-0.1, -0.05) is 0 Å². The number of carbonyl (C=O) groups excluding carboxylic acids is 2. The van der Waals surface area contributed by atoms with Gasteiger partial charge in [-0.2, -0.15) is 0 Å². The standard InChI is InChI=1S/C13H20N2O4/c16-11-4-3-10(7-14-11)13(19)15-5-1-2-9(8-15)6-12(17)18/h9-10H,1-8H2,(H,14,16)(H,17,18). The summed E-state index contributed by atoms with van der Waals surface area (Å²) in [5.41, 5.74) is 0. The maximum absolute atomic E-state index is 12.3. The van der Waals surface area contributed by atoms with E-state index < -0.39 is 5.97 Å². The predicted molar refractivity (Wildman–Crippen MR) is 67.3 cm³/mol. The van der Waals surface area contributed by atoms with Crippen molar-refractivity contribution in [3.05, 3.63) is 0 Å². The van der Waals surface area contributed by atoms with Gasteiger partial charge in [0.15, 0.2) is 0 Å². The van der Waals surface area contributed by atoms with E-state index in [9.17, 15) is 14.4 Å². The second-order valence-electron chi connectivity index (χ2n) is 5.43. The number of likely N-dealkylation sites (tertiary alicyclic amines) is 1. The van der Waals surface area contributed by atoms with Crippen LogP contribution in [0.5, 0.6) is 0 Å². The van der Waals surface area contributed by atoms with Crippen LogP contribution in [0.25, 0.3) is 0 Å². The zero-order valence-electron chi connectivity index (χ0n) is 10.9. The van der Waals surface area contributed by atoms with Gasteiger partial charge in [0.05, 0.1) is 5.92 Å². The Morgan fingerprint density at radius 1 is 1.37 bits per heavy atom. The van der Waals surface area contributed by atoms with E-state index in [-0.39, 0.29) is 30.1 Å². The Morgan fingerprint density at radius 2 is 2.16 bits per heavy atom. The molecular formula is C13H20N2O4. The minimum atomic E-state index is -0.802. The monoisotopic (exact) mass is 268 g/mol. The van der Waals surface area contributed by atoms with E-state index in [1.54, 1.807) is 4.90 Å². The molecule has 2 aliphatic rings. The topological polar surface area (TPSA) is 86.7 Å². The number of nitrogens with one attached hydrogen (secondary N) is 1. The molecule has 0 aromatic carbocycles. The third-order valence-electron chi connectivity index (χ3n) is 3.91. The fourth-order valence-electron chi connectivity index (χ4n) is 2.88. The molecule has 0 aromatic heterocycles. The molecule has 106 valence electrons. The summed E-state index contributed by atoms with van der Waals surface area (Å²) in [5, 5.41) is 11.5. The number of amides is 2. The Balaban J connectivity index is 1.88. The molecule has 6 nitrogen and oxygen atoms in total. The largest absolute Gasteiger partial charge is 0.481 e. The minimum absolute atomic E-state index is 0.00597. The summed E-state index contributed by atoms with van der Waals surface area (Å²) < 4.78 is 0. The summed E-state index contributed by atoms with van der Waals surface area (Å²) in [7, 11) is 0. The van der Waals surface area contributed by atoms with Crippen LogP contribution < -0.4 is 5.32 Å². The number of hydrogen-bond acceptors (Lipinski definition) is 3. The summed E-state index contributed by atoms with van der Waals surface area (Å²) in [4.78, 5) is 35.9. The maximum atomic E-state index is 12.3. The van der Waals surface area contributed by atoms with Gasteiger partial charge < -0.3 is 15.3 Å². The summed E-state index contributed by atoms with van der Waals surface area (Å²) in [5.74, 6) is -0.805. The van der Waals surface area contributed by atoms with E-state index in [0.717, 1.165) is 12.8 Å². The molecule has 2 rings (SSSR count). The lowest BCUT2D eigenvalue weighted by atomic mass is 9.92. The number of carboxylic acid groups (broad SMARTS) is 1. The van der Waals surface area contributed by atoms with E-state index in [1.165, 1.54) is 0 Å². The molecule has 2 fully saturated rings. The Kier molecular flexibility index (Phi) is 4.39. The Labute approximate surface area is 112 Å². The van der Waals surface area contributed by atoms with Gasteiger partial charge >= 0.3 is 5.97 Å². The van der Waals surface area contributed by atoms with E-state index in [0.29, 0.717) is 32.5 Å². The Hall–Kier alpha value is -1.59. The summed E-state index contributed by atoms with van der Waals surface area (Å²) in [6, 6.07) is 0. The van der Waals surface area contributed by atoms with Crippen LogP contribution in [0, 0.1) is 11.8 Å². The molecule has 2 unspecified atom stereocenters. The third-order valence-corrected chi connectivity index (χ3v) is 3.91. The van der Waals surface area contributed by atoms with Gasteiger partial charge in [-0.15, -0.1) is 0 Å². The lowest BCUT2D eigenvalue weighted by Gasteiger charge is -2.35. The third kappa shape index (κ3) is 3.68. The van der Waals surface area contributed by atoms with Gasteiger partial charge in [-0.3, -0.25) is 14.4 Å². The number of nitrogens with zero attached hydrogens (tertiary/aromatic N) is 1. The first-order chi connectivity index (χ1) is 9.06. The van der Waals surface area contributed by atoms with Crippen LogP contribution in [-0.2, 0) is 14.4 Å². The lowest BCUT2D eigenvalue weighted by Crippen LogP contribution is -2.48. The minimum Gasteiger partial charge on any atom is -0.481 e. The molecular weight excluding hydrogens is 248 g/mol. The van der Waals surface area contributed by atoms with Crippen molar-refractivity contribution in [2.75, 3.05) is 19.6 Å². The summed E-state index contributed by atoms with van der Waals surface area (Å²) in [6.45, 7) is 1.66. The van der Waals surface area contributed by atoms with Crippen molar-refractivity contribution < 1.29 is 19.5 Å². The predicted octanol–water partition coefficient (Wildman–Crippen LogP) is 0.226. The van der Waals surface area contributed by atoms with Crippen LogP contribution in [0.1, 0.15) is 32.1 Å². The van der Waals surface area contributed by atoms with Crippen molar-refractivity contribution in [1.82, 2.24) is 10.2 Å². The van der Waals surface area contributed by atoms with Gasteiger partial charge in [0.2, 0.25) is 11.8 Å². The number of carbonyl (C=O) groups is 3. The first-order valence-corrected chi connectivity index (χ1v) is 6.83. The molecule has 0 radical (unpaired) electrons. The van der Waals surface area contributed by atoms with Crippen molar-refractivity contribution in [3.8, 4) is 0 Å². The van der Waals surface area contributed by atoms with Crippen molar-refractivity contribution in [3.63, 3.8) is 0 Å². The van der Waals surface area contributed by atoms with E-state index in [4.69, 9.17) is 5.11 Å². The highest BCUT2D eigenvalue weighted by Crippen LogP contribution is 2.23. The van der Waals surface area contributed by atoms with Gasteiger partial charge in [0.25, 0.3) is 0 Å². The van der Waals surface area contributed by atoms with Gasteiger partial charge in [0.1, 0.15) is 0 Å². The van der Waals surface area contributed by atoms with Crippen LogP contribution in [0.15, 0.2) is 0 Å². The van der Waals surface area contributed by atoms with Crippen LogP contribution >= 0.6 is 0 Å². The number of hydrogen-bond donors (Lipinski definition) is 2. The molecule has 0 bridgehead atoms. The van der Waals surface area contributed by atoms with Crippen molar-refractivity contribution >= 4 is 17.8 Å². The van der Waals surface area contributed by atoms with Gasteiger partial charge in [-0.25, -0.2) is 0 Å². The maximum Gasteiger partial charge on any atom is 0.303 e. The van der Waals surface area contributed by atoms with E-state index >= 15 is 0 Å². The second-order valence-corrected chi connectivity index (χ2v) is 5.43. The molecule has 6 heteroatoms. The zero-order valence-corrected chi connectivity index (χ0v) is 10.9. The molecule has 2 aliphatic heterocycles. The van der Waals surface area contributed by atoms with Crippen LogP contribution in [-0.4, -0.2) is 47.4 Å². The van der Waals surface area contributed by atoms with E-state index in [1.807, 2.05) is 0 Å². The highest BCUT2D eigenvalue weighted by molar-refractivity contribution is 5.83. The molecule has 2 N–H and O–H groups in total. The molecule has 0 saturated carbocycles. The summed E-state index contributed by atoms with van der Waals surface area (Å²) >= 11 is 0. The zero-order chi connectivity index (χ0) is 13.8. The lowest BCUT2D eigenvalue weighted by molar-refractivity contribution is -0.143. The molecule has 0 spiro atoms. The Morgan fingerprint density at radius 3 is 2.79 bits per heavy atom. The smallest absolute Gasteiger partial charge is 0.303 e. The fraction of sp³-hybridized carbons (Fsp3) is 0.769. The number of piperidine rings is 2. The molecule has 0 aliphatic carbocycles. The normalized spacial score (nSPS) is 27.8. The average molecular weight is 268 g/mol. The molecule has 0 aromatic rings. The van der Waals surface area contributed by atoms with Crippen LogP contribution in [0.3, 0.4) is 0 Å². The fourth-order valence-corrected chi connectivity index (χ4v) is 2.88. The molecule has 2 atom stereocenters. The second kappa shape index (κ2) is 6.04. The highest BCUT2D eigenvalue weighted by atomic mass is 16.4. The van der Waals surface area contributed by atoms with Crippen molar-refractivity contribution in [1.29, 1.82) is 0 Å². The first-order valence-electron chi connectivity index (χ1n) is 6.83. The molecule has 2 amide bonds. The first kappa shape index (κ1) is 13.8. The van der Waals surface area contributed by atoms with Crippen LogP contribution in [0.2, 0.25) is 0 Å².